The number of aromatic nitrogens is 1. The van der Waals surface area contributed by atoms with E-state index in [4.69, 9.17) is 10.00 Å². The first-order valence-electron chi connectivity index (χ1n) is 7.08. The molecule has 0 radical (unpaired) electrons. The van der Waals surface area contributed by atoms with Gasteiger partial charge in [-0.1, -0.05) is 13.0 Å². The highest BCUT2D eigenvalue weighted by Crippen LogP contribution is 2.33. The molecule has 1 aliphatic rings. The summed E-state index contributed by atoms with van der Waals surface area (Å²) in [4.78, 5) is 16.8. The topological polar surface area (TPSA) is 67.4 Å². The van der Waals surface area contributed by atoms with Crippen molar-refractivity contribution in [3.05, 3.63) is 64.1 Å². The predicted octanol–water partition coefficient (Wildman–Crippen LogP) is 2.53. The molecular formula is C17H15N3O2. The molecule has 1 aliphatic heterocycles. The first-order valence-corrected chi connectivity index (χ1v) is 7.08. The standard InChI is InChI=1S/C17H15N3O2/c1-3-17(2)19-16(20-9-5-4-6-15(20)21)13-10-12(11-18)7-8-14(13)22-17/h4-10H,3H2,1-2H3. The van der Waals surface area contributed by atoms with Crippen LogP contribution in [0.3, 0.4) is 0 Å². The minimum atomic E-state index is -0.730. The van der Waals surface area contributed by atoms with E-state index in [1.165, 1.54) is 10.6 Å². The molecule has 1 atom stereocenters. The van der Waals surface area contributed by atoms with Crippen molar-refractivity contribution >= 4 is 5.84 Å². The second-order valence-electron chi connectivity index (χ2n) is 5.30. The van der Waals surface area contributed by atoms with Crippen molar-refractivity contribution in [3.63, 3.8) is 0 Å². The van der Waals surface area contributed by atoms with Gasteiger partial charge in [-0.3, -0.25) is 9.36 Å². The van der Waals surface area contributed by atoms with Gasteiger partial charge in [-0.15, -0.1) is 0 Å². The van der Waals surface area contributed by atoms with Gasteiger partial charge in [0.05, 0.1) is 17.2 Å². The summed E-state index contributed by atoms with van der Waals surface area (Å²) >= 11 is 0. The molecule has 0 spiro atoms. The lowest BCUT2D eigenvalue weighted by atomic mass is 10.1. The van der Waals surface area contributed by atoms with Gasteiger partial charge in [-0.05, 0) is 31.2 Å². The van der Waals surface area contributed by atoms with Crippen LogP contribution in [0, 0.1) is 11.3 Å². The Morgan fingerprint density at radius 3 is 2.86 bits per heavy atom. The fourth-order valence-electron chi connectivity index (χ4n) is 2.34. The molecule has 1 aromatic heterocycles. The SMILES string of the molecule is CCC1(C)N=C(n2ccccc2=O)c2cc(C#N)ccc2O1. The van der Waals surface area contributed by atoms with E-state index in [0.29, 0.717) is 29.1 Å². The largest absolute Gasteiger partial charge is 0.466 e. The van der Waals surface area contributed by atoms with Crippen molar-refractivity contribution in [2.24, 2.45) is 4.99 Å². The maximum Gasteiger partial charge on any atom is 0.256 e. The molecule has 0 saturated carbocycles. The average molecular weight is 293 g/mol. The highest BCUT2D eigenvalue weighted by atomic mass is 16.5. The van der Waals surface area contributed by atoms with Crippen molar-refractivity contribution in [3.8, 4) is 11.8 Å². The Hall–Kier alpha value is -2.87. The van der Waals surface area contributed by atoms with E-state index in [-0.39, 0.29) is 5.56 Å². The Labute approximate surface area is 128 Å². The first-order chi connectivity index (χ1) is 10.6. The summed E-state index contributed by atoms with van der Waals surface area (Å²) < 4.78 is 7.43. The smallest absolute Gasteiger partial charge is 0.256 e. The molecule has 110 valence electrons. The molecule has 0 N–H and O–H groups in total. The zero-order valence-corrected chi connectivity index (χ0v) is 12.4. The second kappa shape index (κ2) is 5.15. The Balaban J connectivity index is 2.28. The van der Waals surface area contributed by atoms with Crippen LogP contribution in [0.2, 0.25) is 0 Å². The van der Waals surface area contributed by atoms with Crippen molar-refractivity contribution in [1.82, 2.24) is 4.57 Å². The van der Waals surface area contributed by atoms with E-state index >= 15 is 0 Å². The first kappa shape index (κ1) is 14.1. The lowest BCUT2D eigenvalue weighted by Crippen LogP contribution is -2.39. The summed E-state index contributed by atoms with van der Waals surface area (Å²) in [5.41, 5.74) is 0.249. The van der Waals surface area contributed by atoms with Crippen LogP contribution < -0.4 is 10.3 Å². The van der Waals surface area contributed by atoms with Gasteiger partial charge in [0.15, 0.2) is 5.72 Å². The quantitative estimate of drug-likeness (QED) is 0.811. The van der Waals surface area contributed by atoms with E-state index in [2.05, 4.69) is 11.1 Å². The predicted molar refractivity (Wildman–Crippen MR) is 83.1 cm³/mol. The van der Waals surface area contributed by atoms with Crippen LogP contribution >= 0.6 is 0 Å². The maximum absolute atomic E-state index is 12.2. The Kier molecular flexibility index (Phi) is 3.30. The van der Waals surface area contributed by atoms with Crippen LogP contribution in [0.1, 0.15) is 31.4 Å². The summed E-state index contributed by atoms with van der Waals surface area (Å²) in [6.45, 7) is 3.85. The van der Waals surface area contributed by atoms with Crippen LogP contribution in [0.25, 0.3) is 0 Å². The van der Waals surface area contributed by atoms with Crippen LogP contribution in [-0.4, -0.2) is 16.1 Å². The number of benzene rings is 1. The third-order valence-corrected chi connectivity index (χ3v) is 3.73. The van der Waals surface area contributed by atoms with Gasteiger partial charge in [0, 0.05) is 18.7 Å². The van der Waals surface area contributed by atoms with Crippen molar-refractivity contribution < 1.29 is 4.74 Å². The molecule has 1 aromatic carbocycles. The summed E-state index contributed by atoms with van der Waals surface area (Å²) in [6.07, 6.45) is 2.34. The fraction of sp³-hybridized carbons (Fsp3) is 0.235. The maximum atomic E-state index is 12.2. The van der Waals surface area contributed by atoms with E-state index in [1.54, 1.807) is 36.5 Å². The Bertz CT molecular complexity index is 861. The summed E-state index contributed by atoms with van der Waals surface area (Å²) in [7, 11) is 0. The molecule has 0 bridgehead atoms. The zero-order chi connectivity index (χ0) is 15.7. The molecule has 1 unspecified atom stereocenters. The molecular weight excluding hydrogens is 278 g/mol. The monoisotopic (exact) mass is 293 g/mol. The number of fused-ring (bicyclic) bond motifs is 1. The lowest BCUT2D eigenvalue weighted by molar-refractivity contribution is 0.0894. The highest BCUT2D eigenvalue weighted by molar-refractivity contribution is 6.03. The van der Waals surface area contributed by atoms with Crippen molar-refractivity contribution in [1.29, 1.82) is 5.26 Å². The highest BCUT2D eigenvalue weighted by Gasteiger charge is 2.32. The minimum Gasteiger partial charge on any atom is -0.466 e. The van der Waals surface area contributed by atoms with E-state index < -0.39 is 5.72 Å². The summed E-state index contributed by atoms with van der Waals surface area (Å²) in [5, 5.41) is 9.10. The number of ether oxygens (including phenoxy) is 1. The summed E-state index contributed by atoms with van der Waals surface area (Å²) in [5.74, 6) is 1.14. The molecule has 0 amide bonds. The van der Waals surface area contributed by atoms with E-state index in [9.17, 15) is 4.79 Å². The number of aliphatic imine (C=N–C) groups is 1. The fourth-order valence-corrected chi connectivity index (χ4v) is 2.34. The van der Waals surface area contributed by atoms with Crippen LogP contribution in [0.5, 0.6) is 5.75 Å². The Morgan fingerprint density at radius 2 is 2.18 bits per heavy atom. The molecule has 0 aliphatic carbocycles. The molecule has 5 nitrogen and oxygen atoms in total. The van der Waals surface area contributed by atoms with Crippen molar-refractivity contribution in [2.75, 3.05) is 0 Å². The number of pyridine rings is 1. The zero-order valence-electron chi connectivity index (χ0n) is 12.4. The molecule has 0 saturated heterocycles. The molecule has 22 heavy (non-hydrogen) atoms. The van der Waals surface area contributed by atoms with Gasteiger partial charge < -0.3 is 4.74 Å². The third-order valence-electron chi connectivity index (χ3n) is 3.73. The van der Waals surface area contributed by atoms with Gasteiger partial charge in [0.1, 0.15) is 11.6 Å². The molecule has 0 fully saturated rings. The molecule has 2 aromatic rings. The minimum absolute atomic E-state index is 0.171. The molecule has 2 heterocycles. The number of nitrogens with zero attached hydrogens (tertiary/aromatic N) is 3. The summed E-state index contributed by atoms with van der Waals surface area (Å²) in [6, 6.07) is 12.2. The number of nitriles is 1. The van der Waals surface area contributed by atoms with E-state index in [0.717, 1.165) is 0 Å². The van der Waals surface area contributed by atoms with Crippen LogP contribution in [0.15, 0.2) is 52.4 Å². The Morgan fingerprint density at radius 1 is 1.36 bits per heavy atom. The second-order valence-corrected chi connectivity index (χ2v) is 5.30. The third kappa shape index (κ3) is 2.29. The number of hydrogen-bond donors (Lipinski definition) is 0. The van der Waals surface area contributed by atoms with Gasteiger partial charge in [0.2, 0.25) is 0 Å². The number of hydrogen-bond acceptors (Lipinski definition) is 4. The molecule has 5 heteroatoms. The lowest BCUT2D eigenvalue weighted by Gasteiger charge is -2.32. The molecule has 3 rings (SSSR count). The normalized spacial score (nSPS) is 19.6. The number of rotatable bonds is 1. The van der Waals surface area contributed by atoms with Crippen LogP contribution in [-0.2, 0) is 0 Å². The van der Waals surface area contributed by atoms with Gasteiger partial charge in [-0.2, -0.15) is 5.26 Å². The van der Waals surface area contributed by atoms with Gasteiger partial charge in [-0.25, -0.2) is 4.99 Å². The van der Waals surface area contributed by atoms with Gasteiger partial charge in [0.25, 0.3) is 5.56 Å². The van der Waals surface area contributed by atoms with E-state index in [1.807, 2.05) is 13.8 Å². The average Bonchev–Trinajstić information content (AvgIpc) is 2.54. The van der Waals surface area contributed by atoms with Gasteiger partial charge >= 0.3 is 0 Å². The van der Waals surface area contributed by atoms with Crippen LogP contribution in [0.4, 0.5) is 0 Å². The van der Waals surface area contributed by atoms with Crippen molar-refractivity contribution in [2.45, 2.75) is 26.0 Å².